The molecule has 0 aromatic rings. The van der Waals surface area contributed by atoms with Crippen LogP contribution in [0.15, 0.2) is 0 Å². The summed E-state index contributed by atoms with van der Waals surface area (Å²) in [5, 5.41) is 7.19. The molecule has 0 aliphatic heterocycles. The van der Waals surface area contributed by atoms with Gasteiger partial charge in [-0.1, -0.05) is 13.8 Å². The van der Waals surface area contributed by atoms with Crippen LogP contribution in [0.4, 0.5) is 0 Å². The highest BCUT2D eigenvalue weighted by Gasteiger charge is 1.67. The number of halogens is 2. The Balaban J connectivity index is -0.0000000646. The van der Waals surface area contributed by atoms with Crippen molar-refractivity contribution in [1.82, 2.24) is 0 Å². The van der Waals surface area contributed by atoms with Crippen molar-refractivity contribution in [2.75, 3.05) is 12.4 Å². The smallest absolute Gasteiger partial charge is 0.0967 e. The van der Waals surface area contributed by atoms with E-state index in [9.17, 15) is 0 Å². The van der Waals surface area contributed by atoms with E-state index in [2.05, 4.69) is 0 Å². The molecule has 0 unspecified atom stereocenters. The van der Waals surface area contributed by atoms with Crippen LogP contribution in [0.3, 0.4) is 0 Å². The second kappa shape index (κ2) is 23.6. The summed E-state index contributed by atoms with van der Waals surface area (Å²) < 4.78 is 0. The SMILES string of the molecule is CC(C)N.CO.ClCCl. The first-order valence-electron chi connectivity index (χ1n) is 2.47. The van der Waals surface area contributed by atoms with Gasteiger partial charge >= 0.3 is 0 Å². The summed E-state index contributed by atoms with van der Waals surface area (Å²) in [5.74, 6) is 0. The third kappa shape index (κ3) is 1440. The van der Waals surface area contributed by atoms with E-state index in [-0.39, 0.29) is 5.34 Å². The molecule has 0 radical (unpaired) electrons. The molecule has 0 amide bonds. The van der Waals surface area contributed by atoms with E-state index in [0.717, 1.165) is 7.11 Å². The van der Waals surface area contributed by atoms with Crippen molar-refractivity contribution in [2.45, 2.75) is 19.9 Å². The first-order valence-corrected chi connectivity index (χ1v) is 3.54. The number of aliphatic hydroxyl groups is 1. The van der Waals surface area contributed by atoms with Gasteiger partial charge in [0.15, 0.2) is 0 Å². The van der Waals surface area contributed by atoms with Gasteiger partial charge in [-0.05, 0) is 6.04 Å². The average Bonchev–Trinajstić information content (AvgIpc) is 1.71. The van der Waals surface area contributed by atoms with Gasteiger partial charge < -0.3 is 10.8 Å². The third-order valence-corrected chi connectivity index (χ3v) is 0. The number of nitrogens with two attached hydrogens (primary N) is 1. The second-order valence-corrected chi connectivity index (χ2v) is 2.15. The zero-order valence-corrected chi connectivity index (χ0v) is 7.58. The van der Waals surface area contributed by atoms with Crippen LogP contribution >= 0.6 is 23.2 Å². The molecule has 0 bridgehead atoms. The van der Waals surface area contributed by atoms with E-state index in [4.69, 9.17) is 34.0 Å². The zero-order chi connectivity index (χ0) is 8.28. The van der Waals surface area contributed by atoms with E-state index in [1.54, 1.807) is 0 Å². The van der Waals surface area contributed by atoms with Crippen LogP contribution in [-0.2, 0) is 0 Å². The molecule has 0 saturated carbocycles. The van der Waals surface area contributed by atoms with Gasteiger partial charge in [0.25, 0.3) is 0 Å². The van der Waals surface area contributed by atoms with Gasteiger partial charge in [-0.15, -0.1) is 23.2 Å². The molecule has 9 heavy (non-hydrogen) atoms. The Morgan fingerprint density at radius 3 is 1.33 bits per heavy atom. The topological polar surface area (TPSA) is 46.2 Å². The van der Waals surface area contributed by atoms with Crippen LogP contribution in [0.2, 0.25) is 0 Å². The first kappa shape index (κ1) is 16.2. The quantitative estimate of drug-likeness (QED) is 0.547. The molecule has 0 spiro atoms. The molecule has 0 aromatic heterocycles. The third-order valence-electron chi connectivity index (χ3n) is 0. The average molecular weight is 176 g/mol. The molecule has 3 N–H and O–H groups in total. The molecule has 2 nitrogen and oxygen atoms in total. The molecule has 0 aromatic carbocycles. The van der Waals surface area contributed by atoms with Crippen molar-refractivity contribution < 1.29 is 5.11 Å². The van der Waals surface area contributed by atoms with Gasteiger partial charge in [0.2, 0.25) is 0 Å². The van der Waals surface area contributed by atoms with Crippen molar-refractivity contribution in [1.29, 1.82) is 0 Å². The lowest BCUT2D eigenvalue weighted by Gasteiger charge is -1.81. The molecule has 0 heterocycles. The Kier molecular flexibility index (Phi) is 42.6. The van der Waals surface area contributed by atoms with Crippen molar-refractivity contribution in [2.24, 2.45) is 5.73 Å². The summed E-state index contributed by atoms with van der Waals surface area (Å²) in [5.41, 5.74) is 5.11. The lowest BCUT2D eigenvalue weighted by molar-refractivity contribution is 0.399. The predicted octanol–water partition coefficient (Wildman–Crippen LogP) is 1.38. The molecular formula is C5H15Cl2NO. The van der Waals surface area contributed by atoms with Gasteiger partial charge in [0.1, 0.15) is 0 Å². The van der Waals surface area contributed by atoms with E-state index in [1.165, 1.54) is 0 Å². The summed E-state index contributed by atoms with van der Waals surface area (Å²) in [6, 6.07) is 0.333. The minimum atomic E-state index is 0.194. The lowest BCUT2D eigenvalue weighted by Crippen LogP contribution is -2.06. The Labute approximate surface area is 67.0 Å². The summed E-state index contributed by atoms with van der Waals surface area (Å²) >= 11 is 9.53. The van der Waals surface area contributed by atoms with Gasteiger partial charge in [-0.3, -0.25) is 0 Å². The summed E-state index contributed by atoms with van der Waals surface area (Å²) in [6.45, 7) is 3.89. The highest BCUT2D eigenvalue weighted by atomic mass is 35.5. The summed E-state index contributed by atoms with van der Waals surface area (Å²) in [6.07, 6.45) is 0. The Morgan fingerprint density at radius 2 is 1.33 bits per heavy atom. The van der Waals surface area contributed by atoms with Crippen molar-refractivity contribution in [3.05, 3.63) is 0 Å². The van der Waals surface area contributed by atoms with Crippen LogP contribution < -0.4 is 5.73 Å². The molecule has 0 fully saturated rings. The number of rotatable bonds is 0. The van der Waals surface area contributed by atoms with Crippen LogP contribution in [0.5, 0.6) is 0 Å². The molecule has 0 rings (SSSR count). The molecule has 0 aliphatic rings. The maximum Gasteiger partial charge on any atom is 0.0967 e. The number of alkyl halides is 2. The maximum atomic E-state index is 7.00. The number of hydrogen-bond donors (Lipinski definition) is 2. The fraction of sp³-hybridized carbons (Fsp3) is 1.00. The van der Waals surface area contributed by atoms with Crippen LogP contribution in [0.1, 0.15) is 13.8 Å². The Hall–Kier alpha value is 0.500. The number of hydrogen-bond acceptors (Lipinski definition) is 2. The Morgan fingerprint density at radius 1 is 1.33 bits per heavy atom. The Bertz CT molecular complexity index is 26.2. The van der Waals surface area contributed by atoms with Crippen LogP contribution in [0.25, 0.3) is 0 Å². The molecule has 0 aliphatic carbocycles. The first-order chi connectivity index (χ1) is 4.15. The minimum absolute atomic E-state index is 0.194. The van der Waals surface area contributed by atoms with Gasteiger partial charge in [-0.25, -0.2) is 0 Å². The fourth-order valence-corrected chi connectivity index (χ4v) is 0. The van der Waals surface area contributed by atoms with Crippen LogP contribution in [-0.4, -0.2) is 23.6 Å². The standard InChI is InChI=1S/C3H9N.CH2Cl2.CH4O/c1-3(2)4;2-1-3;1-2/h3H,4H2,1-2H3;1H2;2H,1H3. The summed E-state index contributed by atoms with van der Waals surface area (Å²) in [4.78, 5) is 0. The van der Waals surface area contributed by atoms with Gasteiger partial charge in [-0.2, -0.15) is 0 Å². The maximum absolute atomic E-state index is 7.00. The largest absolute Gasteiger partial charge is 0.400 e. The van der Waals surface area contributed by atoms with Crippen LogP contribution in [0, 0.1) is 0 Å². The van der Waals surface area contributed by atoms with Crippen molar-refractivity contribution >= 4 is 23.2 Å². The molecule has 60 valence electrons. The van der Waals surface area contributed by atoms with E-state index < -0.39 is 0 Å². The summed E-state index contributed by atoms with van der Waals surface area (Å²) in [7, 11) is 1.00. The second-order valence-electron chi connectivity index (χ2n) is 1.35. The normalized spacial score (nSPS) is 6.67. The minimum Gasteiger partial charge on any atom is -0.400 e. The highest BCUT2D eigenvalue weighted by molar-refractivity contribution is 6.40. The van der Waals surface area contributed by atoms with E-state index in [1.807, 2.05) is 13.8 Å². The van der Waals surface area contributed by atoms with Gasteiger partial charge in [0.05, 0.1) is 5.34 Å². The molecule has 0 saturated heterocycles. The molecule has 0 atom stereocenters. The zero-order valence-electron chi connectivity index (χ0n) is 6.06. The van der Waals surface area contributed by atoms with Gasteiger partial charge in [0, 0.05) is 7.11 Å². The predicted molar refractivity (Wildman–Crippen MR) is 44.0 cm³/mol. The number of aliphatic hydroxyl groups excluding tert-OH is 1. The van der Waals surface area contributed by atoms with E-state index in [0.29, 0.717) is 6.04 Å². The molecular weight excluding hydrogens is 161 g/mol. The fourth-order valence-electron chi connectivity index (χ4n) is 0. The van der Waals surface area contributed by atoms with Crippen molar-refractivity contribution in [3.8, 4) is 0 Å². The lowest BCUT2D eigenvalue weighted by atomic mass is 10.5. The van der Waals surface area contributed by atoms with E-state index >= 15 is 0 Å². The highest BCUT2D eigenvalue weighted by Crippen LogP contribution is 1.73. The van der Waals surface area contributed by atoms with Crippen molar-refractivity contribution in [3.63, 3.8) is 0 Å². The molecule has 4 heteroatoms. The monoisotopic (exact) mass is 175 g/mol.